The van der Waals surface area contributed by atoms with Gasteiger partial charge in [-0.1, -0.05) is 11.6 Å². The molecule has 0 spiro atoms. The van der Waals surface area contributed by atoms with Crippen LogP contribution in [-0.4, -0.2) is 27.7 Å². The molecule has 0 aliphatic heterocycles. The van der Waals surface area contributed by atoms with Crippen LogP contribution in [0.3, 0.4) is 0 Å². The summed E-state index contributed by atoms with van der Waals surface area (Å²) in [6.45, 7) is 0.660. The molecule has 1 aromatic heterocycles. The van der Waals surface area contributed by atoms with Gasteiger partial charge in [-0.15, -0.1) is 0 Å². The van der Waals surface area contributed by atoms with Crippen molar-refractivity contribution in [3.05, 3.63) is 23.5 Å². The molecule has 1 aromatic rings. The van der Waals surface area contributed by atoms with Gasteiger partial charge in [0.1, 0.15) is 0 Å². The van der Waals surface area contributed by atoms with Crippen molar-refractivity contribution in [3.63, 3.8) is 0 Å². The number of nitrogens with zero attached hydrogens (tertiary/aromatic N) is 1. The van der Waals surface area contributed by atoms with Gasteiger partial charge in [-0.25, -0.2) is 0 Å². The summed E-state index contributed by atoms with van der Waals surface area (Å²) >= 11 is 5.84. The van der Waals surface area contributed by atoms with Crippen LogP contribution < -0.4 is 5.32 Å². The van der Waals surface area contributed by atoms with E-state index in [9.17, 15) is 4.21 Å². The molecule has 0 saturated carbocycles. The van der Waals surface area contributed by atoms with Crippen molar-refractivity contribution in [2.24, 2.45) is 0 Å². The molecule has 0 aromatic carbocycles. The number of hydrogen-bond donors (Lipinski definition) is 1. The Kier molecular flexibility index (Phi) is 4.18. The number of pyridine rings is 1. The average molecular weight is 219 g/mol. The summed E-state index contributed by atoms with van der Waals surface area (Å²) in [5, 5.41) is 3.67. The van der Waals surface area contributed by atoms with Gasteiger partial charge in [-0.05, 0) is 6.07 Å². The Balaban J connectivity index is 2.45. The SMILES string of the molecule is CS(=O)CCNc1ccncc1Cl. The highest BCUT2D eigenvalue weighted by atomic mass is 35.5. The summed E-state index contributed by atoms with van der Waals surface area (Å²) < 4.78 is 10.7. The zero-order chi connectivity index (χ0) is 9.68. The Morgan fingerprint density at radius 2 is 2.46 bits per heavy atom. The van der Waals surface area contributed by atoms with Crippen molar-refractivity contribution in [1.82, 2.24) is 4.98 Å². The Labute approximate surface area is 85.0 Å². The third-order valence-electron chi connectivity index (χ3n) is 1.48. The maximum Gasteiger partial charge on any atom is 0.0820 e. The highest BCUT2D eigenvalue weighted by Gasteiger charge is 1.97. The number of anilines is 1. The van der Waals surface area contributed by atoms with Crippen molar-refractivity contribution in [1.29, 1.82) is 0 Å². The summed E-state index contributed by atoms with van der Waals surface area (Å²) in [7, 11) is -0.767. The first-order chi connectivity index (χ1) is 6.20. The molecular formula is C8H11ClN2OS. The molecule has 0 radical (unpaired) electrons. The van der Waals surface area contributed by atoms with Crippen LogP contribution >= 0.6 is 11.6 Å². The lowest BCUT2D eigenvalue weighted by Gasteiger charge is -2.05. The van der Waals surface area contributed by atoms with Crippen molar-refractivity contribution in [3.8, 4) is 0 Å². The standard InChI is InChI=1S/C8H11ClN2OS/c1-13(12)5-4-11-8-2-3-10-6-7(8)9/h2-3,6H,4-5H2,1H3,(H,10,11). The smallest absolute Gasteiger partial charge is 0.0820 e. The molecule has 72 valence electrons. The monoisotopic (exact) mass is 218 g/mol. The van der Waals surface area contributed by atoms with Gasteiger partial charge < -0.3 is 5.32 Å². The van der Waals surface area contributed by atoms with E-state index in [1.54, 1.807) is 24.7 Å². The molecule has 0 amide bonds. The van der Waals surface area contributed by atoms with Gasteiger partial charge in [-0.2, -0.15) is 0 Å². The minimum atomic E-state index is -0.767. The highest BCUT2D eigenvalue weighted by Crippen LogP contribution is 2.18. The average Bonchev–Trinajstić information content (AvgIpc) is 2.08. The second-order valence-electron chi connectivity index (χ2n) is 2.56. The van der Waals surface area contributed by atoms with Crippen LogP contribution in [0.1, 0.15) is 0 Å². The maximum atomic E-state index is 10.7. The number of aromatic nitrogens is 1. The molecule has 0 bridgehead atoms. The van der Waals surface area contributed by atoms with Crippen molar-refractivity contribution in [2.75, 3.05) is 23.9 Å². The van der Waals surface area contributed by atoms with Gasteiger partial charge >= 0.3 is 0 Å². The van der Waals surface area contributed by atoms with Crippen LogP contribution in [0.15, 0.2) is 18.5 Å². The molecule has 13 heavy (non-hydrogen) atoms. The Bertz CT molecular complexity index is 306. The molecule has 0 aliphatic carbocycles. The van der Waals surface area contributed by atoms with Gasteiger partial charge in [0.25, 0.3) is 0 Å². The lowest BCUT2D eigenvalue weighted by molar-refractivity contribution is 0.687. The summed E-state index contributed by atoms with van der Waals surface area (Å²) in [5.41, 5.74) is 0.835. The quantitative estimate of drug-likeness (QED) is 0.834. The zero-order valence-electron chi connectivity index (χ0n) is 7.29. The molecule has 5 heteroatoms. The number of hydrogen-bond acceptors (Lipinski definition) is 3. The van der Waals surface area contributed by atoms with Gasteiger partial charge in [0.15, 0.2) is 0 Å². The van der Waals surface area contributed by atoms with E-state index < -0.39 is 10.8 Å². The lowest BCUT2D eigenvalue weighted by atomic mass is 10.4. The fourth-order valence-corrected chi connectivity index (χ4v) is 1.42. The fraction of sp³-hybridized carbons (Fsp3) is 0.375. The van der Waals surface area contributed by atoms with Gasteiger partial charge in [0.2, 0.25) is 0 Å². The molecule has 0 aliphatic rings. The first-order valence-electron chi connectivity index (χ1n) is 3.83. The Hall–Kier alpha value is -0.610. The Morgan fingerprint density at radius 3 is 3.08 bits per heavy atom. The molecule has 0 fully saturated rings. The number of halogens is 1. The molecular weight excluding hydrogens is 208 g/mol. The predicted octanol–water partition coefficient (Wildman–Crippen LogP) is 1.53. The first kappa shape index (κ1) is 10.5. The molecule has 1 atom stereocenters. The molecule has 3 nitrogen and oxygen atoms in total. The number of nitrogens with one attached hydrogen (secondary N) is 1. The van der Waals surface area contributed by atoms with Crippen molar-refractivity contribution in [2.45, 2.75) is 0 Å². The highest BCUT2D eigenvalue weighted by molar-refractivity contribution is 7.84. The van der Waals surface area contributed by atoms with E-state index in [0.29, 0.717) is 17.3 Å². The second kappa shape index (κ2) is 5.19. The topological polar surface area (TPSA) is 42.0 Å². The van der Waals surface area contributed by atoms with Crippen LogP contribution in [-0.2, 0) is 10.8 Å². The largest absolute Gasteiger partial charge is 0.383 e. The van der Waals surface area contributed by atoms with E-state index in [-0.39, 0.29) is 0 Å². The minimum absolute atomic E-state index is 0.587. The molecule has 1 rings (SSSR count). The van der Waals surface area contributed by atoms with Crippen LogP contribution in [0, 0.1) is 0 Å². The van der Waals surface area contributed by atoms with E-state index in [2.05, 4.69) is 10.3 Å². The van der Waals surface area contributed by atoms with Crippen molar-refractivity contribution >= 4 is 28.1 Å². The second-order valence-corrected chi connectivity index (χ2v) is 4.52. The van der Waals surface area contributed by atoms with Crippen LogP contribution in [0.25, 0.3) is 0 Å². The van der Waals surface area contributed by atoms with Gasteiger partial charge in [0.05, 0.1) is 10.7 Å². The van der Waals surface area contributed by atoms with E-state index in [1.165, 1.54) is 0 Å². The van der Waals surface area contributed by atoms with Gasteiger partial charge in [-0.3, -0.25) is 9.19 Å². The zero-order valence-corrected chi connectivity index (χ0v) is 8.86. The lowest BCUT2D eigenvalue weighted by Crippen LogP contribution is -2.09. The Morgan fingerprint density at radius 1 is 1.69 bits per heavy atom. The number of rotatable bonds is 4. The molecule has 0 saturated heterocycles. The summed E-state index contributed by atoms with van der Waals surface area (Å²) in [5.74, 6) is 0.624. The van der Waals surface area contributed by atoms with E-state index in [0.717, 1.165) is 5.69 Å². The van der Waals surface area contributed by atoms with Crippen LogP contribution in [0.5, 0.6) is 0 Å². The fourth-order valence-electron chi connectivity index (χ4n) is 0.848. The third-order valence-corrected chi connectivity index (χ3v) is 2.56. The molecule has 1 heterocycles. The van der Waals surface area contributed by atoms with E-state index in [4.69, 9.17) is 11.6 Å². The van der Waals surface area contributed by atoms with Gasteiger partial charge in [0, 0.05) is 41.7 Å². The summed E-state index contributed by atoms with van der Waals surface area (Å²) in [6.07, 6.45) is 4.92. The van der Waals surface area contributed by atoms with Crippen LogP contribution in [0.4, 0.5) is 5.69 Å². The normalized spacial score (nSPS) is 12.5. The predicted molar refractivity (Wildman–Crippen MR) is 56.7 cm³/mol. The maximum absolute atomic E-state index is 10.7. The molecule has 1 N–H and O–H groups in total. The third kappa shape index (κ3) is 3.74. The van der Waals surface area contributed by atoms with Crippen LogP contribution in [0.2, 0.25) is 5.02 Å². The minimum Gasteiger partial charge on any atom is -0.383 e. The summed E-state index contributed by atoms with van der Waals surface area (Å²) in [4.78, 5) is 3.86. The van der Waals surface area contributed by atoms with E-state index >= 15 is 0 Å². The van der Waals surface area contributed by atoms with Crippen molar-refractivity contribution < 1.29 is 4.21 Å². The molecule has 1 unspecified atom stereocenters. The first-order valence-corrected chi connectivity index (χ1v) is 5.94. The van der Waals surface area contributed by atoms with E-state index in [1.807, 2.05) is 0 Å². The summed E-state index contributed by atoms with van der Waals surface area (Å²) in [6, 6.07) is 1.79.